The number of pyridine rings is 1. The molecule has 0 aliphatic carbocycles. The molecular weight excluding hydrogens is 258 g/mol. The first-order chi connectivity index (χ1) is 8.47. The van der Waals surface area contributed by atoms with Crippen LogP contribution in [0.5, 0.6) is 0 Å². The van der Waals surface area contributed by atoms with Crippen molar-refractivity contribution >= 4 is 11.8 Å². The fraction of sp³-hybridized carbons (Fsp3) is 0.429. The Morgan fingerprint density at radius 2 is 1.89 bits per heavy atom. The summed E-state index contributed by atoms with van der Waals surface area (Å²) < 4.78 is 1.69. The van der Waals surface area contributed by atoms with Gasteiger partial charge in [-0.1, -0.05) is 7.43 Å². The Morgan fingerprint density at radius 3 is 2.42 bits per heavy atom. The summed E-state index contributed by atoms with van der Waals surface area (Å²) in [6, 6.07) is 1.93. The van der Waals surface area contributed by atoms with Gasteiger partial charge in [0.15, 0.2) is 0 Å². The van der Waals surface area contributed by atoms with Crippen LogP contribution in [-0.4, -0.2) is 21.0 Å². The van der Waals surface area contributed by atoms with E-state index in [1.807, 2.05) is 33.1 Å². The van der Waals surface area contributed by atoms with Gasteiger partial charge in [-0.2, -0.15) is 5.10 Å². The molecule has 0 aromatic carbocycles. The number of thioether (sulfide) groups is 1. The predicted molar refractivity (Wildman–Crippen MR) is 82.0 cm³/mol. The van der Waals surface area contributed by atoms with E-state index in [9.17, 15) is 4.79 Å². The molecule has 0 radical (unpaired) electrons. The molecule has 0 aliphatic rings. The van der Waals surface area contributed by atoms with Crippen molar-refractivity contribution in [1.29, 1.82) is 0 Å². The number of hydrogen-bond acceptors (Lipinski definition) is 3. The molecule has 0 unspecified atom stereocenters. The zero-order valence-corrected chi connectivity index (χ0v) is 12.1. The Kier molecular flexibility index (Phi) is 4.63. The molecule has 2 aromatic rings. The van der Waals surface area contributed by atoms with Gasteiger partial charge in [0, 0.05) is 18.2 Å². The van der Waals surface area contributed by atoms with E-state index in [-0.39, 0.29) is 13.0 Å². The average molecular weight is 279 g/mol. The van der Waals surface area contributed by atoms with Crippen molar-refractivity contribution in [2.45, 2.75) is 33.2 Å². The maximum Gasteiger partial charge on any atom is 0.253 e. The Labute approximate surface area is 118 Å². The lowest BCUT2D eigenvalue weighted by Gasteiger charge is -2.12. The van der Waals surface area contributed by atoms with Gasteiger partial charge in [0.05, 0.1) is 11.4 Å². The SMILES string of the molecule is C.CSc1n[nH]c(-c2c(C)cc(C)c(=O)n2C)c1C. The fourth-order valence-corrected chi connectivity index (χ4v) is 2.81. The van der Waals surface area contributed by atoms with Crippen molar-refractivity contribution in [2.75, 3.05) is 6.26 Å². The smallest absolute Gasteiger partial charge is 0.253 e. The minimum atomic E-state index is 0. The van der Waals surface area contributed by atoms with Crippen LogP contribution < -0.4 is 5.56 Å². The average Bonchev–Trinajstić information content (AvgIpc) is 2.68. The second-order valence-electron chi connectivity index (χ2n) is 4.46. The molecule has 5 heteroatoms. The first-order valence-corrected chi connectivity index (χ1v) is 6.96. The van der Waals surface area contributed by atoms with Crippen molar-refractivity contribution in [2.24, 2.45) is 7.05 Å². The van der Waals surface area contributed by atoms with E-state index in [2.05, 4.69) is 10.2 Å². The molecule has 0 saturated carbocycles. The molecule has 0 spiro atoms. The summed E-state index contributed by atoms with van der Waals surface area (Å²) in [4.78, 5) is 12.0. The van der Waals surface area contributed by atoms with Crippen molar-refractivity contribution in [1.82, 2.24) is 14.8 Å². The maximum absolute atomic E-state index is 12.0. The zero-order valence-electron chi connectivity index (χ0n) is 11.3. The highest BCUT2D eigenvalue weighted by molar-refractivity contribution is 7.98. The van der Waals surface area contributed by atoms with Crippen LogP contribution >= 0.6 is 11.8 Å². The molecular formula is C14H21N3OS. The first kappa shape index (κ1) is 15.6. The second-order valence-corrected chi connectivity index (χ2v) is 5.25. The van der Waals surface area contributed by atoms with Crippen molar-refractivity contribution in [3.05, 3.63) is 33.1 Å². The molecule has 0 saturated heterocycles. The summed E-state index contributed by atoms with van der Waals surface area (Å²) in [5.74, 6) is 0. The van der Waals surface area contributed by atoms with E-state index in [1.54, 1.807) is 23.4 Å². The van der Waals surface area contributed by atoms with E-state index in [0.717, 1.165) is 33.1 Å². The molecule has 2 heterocycles. The van der Waals surface area contributed by atoms with Crippen LogP contribution in [0.1, 0.15) is 24.1 Å². The molecule has 4 nitrogen and oxygen atoms in total. The normalized spacial score (nSPS) is 10.4. The third-order valence-corrected chi connectivity index (χ3v) is 3.96. The number of aromatic amines is 1. The molecule has 2 rings (SSSR count). The first-order valence-electron chi connectivity index (χ1n) is 5.74. The topological polar surface area (TPSA) is 50.7 Å². The highest BCUT2D eigenvalue weighted by Gasteiger charge is 2.16. The molecule has 2 aromatic heterocycles. The summed E-state index contributed by atoms with van der Waals surface area (Å²) >= 11 is 1.60. The van der Waals surface area contributed by atoms with Gasteiger partial charge in [-0.3, -0.25) is 9.89 Å². The van der Waals surface area contributed by atoms with Gasteiger partial charge in [-0.15, -0.1) is 11.8 Å². The van der Waals surface area contributed by atoms with E-state index in [1.165, 1.54) is 0 Å². The van der Waals surface area contributed by atoms with E-state index < -0.39 is 0 Å². The Morgan fingerprint density at radius 1 is 1.26 bits per heavy atom. The zero-order chi connectivity index (χ0) is 13.4. The molecule has 0 atom stereocenters. The lowest BCUT2D eigenvalue weighted by Crippen LogP contribution is -2.21. The number of nitrogens with zero attached hydrogens (tertiary/aromatic N) is 2. The van der Waals surface area contributed by atoms with Crippen molar-refractivity contribution in [3.8, 4) is 11.4 Å². The third-order valence-electron chi connectivity index (χ3n) is 3.18. The van der Waals surface area contributed by atoms with Gasteiger partial charge in [0.1, 0.15) is 5.03 Å². The van der Waals surface area contributed by atoms with Gasteiger partial charge in [-0.05, 0) is 38.7 Å². The van der Waals surface area contributed by atoms with E-state index in [4.69, 9.17) is 0 Å². The van der Waals surface area contributed by atoms with Gasteiger partial charge in [0.2, 0.25) is 0 Å². The van der Waals surface area contributed by atoms with Crippen molar-refractivity contribution in [3.63, 3.8) is 0 Å². The quantitative estimate of drug-likeness (QED) is 0.860. The van der Waals surface area contributed by atoms with Crippen LogP contribution in [0.4, 0.5) is 0 Å². The summed E-state index contributed by atoms with van der Waals surface area (Å²) in [6.45, 7) is 5.88. The van der Waals surface area contributed by atoms with Crippen LogP contribution in [0.3, 0.4) is 0 Å². The Bertz CT molecular complexity index is 655. The number of H-pyrrole nitrogens is 1. The standard InChI is InChI=1S/C13H17N3OS.CH4/c1-7-6-8(2)13(17)16(4)11(7)10-9(3)12(18-5)15-14-10;/h6H,1-5H3,(H,14,15);1H4. The molecule has 19 heavy (non-hydrogen) atoms. The van der Waals surface area contributed by atoms with Gasteiger partial charge < -0.3 is 4.57 Å². The lowest BCUT2D eigenvalue weighted by atomic mass is 10.1. The Hall–Kier alpha value is -1.49. The van der Waals surface area contributed by atoms with Crippen LogP contribution in [0.15, 0.2) is 15.9 Å². The number of aryl methyl sites for hydroxylation is 2. The molecule has 1 N–H and O–H groups in total. The molecule has 0 amide bonds. The number of aromatic nitrogens is 3. The highest BCUT2D eigenvalue weighted by Crippen LogP contribution is 2.28. The fourth-order valence-electron chi connectivity index (χ4n) is 2.26. The minimum absolute atomic E-state index is 0. The van der Waals surface area contributed by atoms with Crippen molar-refractivity contribution < 1.29 is 0 Å². The molecule has 104 valence electrons. The van der Waals surface area contributed by atoms with Crippen LogP contribution in [-0.2, 0) is 7.05 Å². The Balaban J connectivity index is 0.00000180. The molecule has 0 fully saturated rings. The summed E-state index contributed by atoms with van der Waals surface area (Å²) in [5.41, 5.74) is 4.81. The summed E-state index contributed by atoms with van der Waals surface area (Å²) in [7, 11) is 1.80. The highest BCUT2D eigenvalue weighted by atomic mass is 32.2. The number of rotatable bonds is 2. The second kappa shape index (κ2) is 5.65. The summed E-state index contributed by atoms with van der Waals surface area (Å²) in [5, 5.41) is 8.28. The van der Waals surface area contributed by atoms with Gasteiger partial charge >= 0.3 is 0 Å². The van der Waals surface area contributed by atoms with Gasteiger partial charge in [0.25, 0.3) is 5.56 Å². The molecule has 0 aliphatic heterocycles. The lowest BCUT2D eigenvalue weighted by molar-refractivity contribution is 0.843. The van der Waals surface area contributed by atoms with Crippen LogP contribution in [0.25, 0.3) is 11.4 Å². The monoisotopic (exact) mass is 279 g/mol. The van der Waals surface area contributed by atoms with Crippen LogP contribution in [0, 0.1) is 20.8 Å². The maximum atomic E-state index is 12.0. The van der Waals surface area contributed by atoms with Crippen LogP contribution in [0.2, 0.25) is 0 Å². The summed E-state index contributed by atoms with van der Waals surface area (Å²) in [6.07, 6.45) is 1.99. The van der Waals surface area contributed by atoms with E-state index in [0.29, 0.717) is 0 Å². The third kappa shape index (κ3) is 2.47. The number of hydrogen-bond donors (Lipinski definition) is 1. The van der Waals surface area contributed by atoms with Gasteiger partial charge in [-0.25, -0.2) is 0 Å². The largest absolute Gasteiger partial charge is 0.309 e. The minimum Gasteiger partial charge on any atom is -0.309 e. The number of nitrogens with one attached hydrogen (secondary N) is 1. The van der Waals surface area contributed by atoms with E-state index >= 15 is 0 Å². The molecule has 0 bridgehead atoms. The predicted octanol–water partition coefficient (Wildman–Crippen LogP) is 3.06.